The fraction of sp³-hybridized carbons (Fsp3) is 0.533. The third-order valence-corrected chi connectivity index (χ3v) is 3.11. The van der Waals surface area contributed by atoms with Crippen molar-refractivity contribution in [3.05, 3.63) is 29.6 Å². The highest BCUT2D eigenvalue weighted by Gasteiger charge is 2.19. The molecular formula is C15H22FNO2. The van der Waals surface area contributed by atoms with Crippen LogP contribution in [0.1, 0.15) is 37.6 Å². The number of hydrogen-bond acceptors (Lipinski definition) is 3. The van der Waals surface area contributed by atoms with E-state index in [1.807, 2.05) is 0 Å². The van der Waals surface area contributed by atoms with Gasteiger partial charge < -0.3 is 10.1 Å². The third kappa shape index (κ3) is 4.63. The average Bonchev–Trinajstić information content (AvgIpc) is 2.33. The molecule has 3 nitrogen and oxygen atoms in total. The zero-order valence-electron chi connectivity index (χ0n) is 12.0. The Balaban J connectivity index is 2.78. The number of ether oxygens (including phenoxy) is 1. The van der Waals surface area contributed by atoms with Crippen LogP contribution in [0, 0.1) is 11.2 Å². The zero-order valence-corrected chi connectivity index (χ0v) is 12.0. The Kier molecular flexibility index (Phi) is 5.48. The molecule has 0 bridgehead atoms. The van der Waals surface area contributed by atoms with Crippen LogP contribution in [0.25, 0.3) is 0 Å². The van der Waals surface area contributed by atoms with Crippen molar-refractivity contribution < 1.29 is 13.9 Å². The highest BCUT2D eigenvalue weighted by atomic mass is 19.1. The van der Waals surface area contributed by atoms with Gasteiger partial charge in [-0.15, -0.1) is 0 Å². The Morgan fingerprint density at radius 3 is 2.68 bits per heavy atom. The second-order valence-corrected chi connectivity index (χ2v) is 5.48. The van der Waals surface area contributed by atoms with Crippen LogP contribution >= 0.6 is 0 Å². The molecule has 19 heavy (non-hydrogen) atoms. The molecule has 0 radical (unpaired) electrons. The maximum absolute atomic E-state index is 13.6. The summed E-state index contributed by atoms with van der Waals surface area (Å²) in [6.45, 7) is 6.91. The Hall–Kier alpha value is -1.42. The van der Waals surface area contributed by atoms with Crippen molar-refractivity contribution in [3.63, 3.8) is 0 Å². The van der Waals surface area contributed by atoms with Gasteiger partial charge in [-0.1, -0.05) is 19.9 Å². The molecule has 0 spiro atoms. The molecule has 0 fully saturated rings. The van der Waals surface area contributed by atoms with Crippen molar-refractivity contribution in [2.45, 2.75) is 27.2 Å². The van der Waals surface area contributed by atoms with E-state index >= 15 is 0 Å². The molecule has 4 heteroatoms. The van der Waals surface area contributed by atoms with E-state index in [1.54, 1.807) is 19.2 Å². The second-order valence-electron chi connectivity index (χ2n) is 5.48. The summed E-state index contributed by atoms with van der Waals surface area (Å²) in [4.78, 5) is 11.5. The van der Waals surface area contributed by atoms with E-state index in [4.69, 9.17) is 4.74 Å². The van der Waals surface area contributed by atoms with E-state index in [-0.39, 0.29) is 16.8 Å². The maximum Gasteiger partial charge on any atom is 0.164 e. The first-order valence-electron chi connectivity index (χ1n) is 6.39. The summed E-state index contributed by atoms with van der Waals surface area (Å²) in [7, 11) is 1.67. The summed E-state index contributed by atoms with van der Waals surface area (Å²) in [5.74, 6) is -0.748. The number of halogens is 1. The first kappa shape index (κ1) is 15.6. The topological polar surface area (TPSA) is 38.3 Å². The number of carbonyl (C=O) groups is 1. The largest absolute Gasteiger partial charge is 0.385 e. The van der Waals surface area contributed by atoms with Crippen molar-refractivity contribution >= 4 is 11.5 Å². The monoisotopic (exact) mass is 267 g/mol. The minimum Gasteiger partial charge on any atom is -0.385 e. The molecule has 0 saturated heterocycles. The Labute approximate surface area is 114 Å². The lowest BCUT2D eigenvalue weighted by molar-refractivity contribution is 0.101. The minimum atomic E-state index is -0.479. The zero-order chi connectivity index (χ0) is 14.5. The summed E-state index contributed by atoms with van der Waals surface area (Å²) in [6, 6.07) is 4.64. The summed E-state index contributed by atoms with van der Waals surface area (Å²) < 4.78 is 18.7. The fourth-order valence-electron chi connectivity index (χ4n) is 1.83. The number of benzene rings is 1. The van der Waals surface area contributed by atoms with Crippen molar-refractivity contribution in [1.29, 1.82) is 0 Å². The van der Waals surface area contributed by atoms with E-state index in [0.717, 1.165) is 6.42 Å². The first-order valence-corrected chi connectivity index (χ1v) is 6.39. The van der Waals surface area contributed by atoms with Gasteiger partial charge >= 0.3 is 0 Å². The predicted molar refractivity (Wildman–Crippen MR) is 75.2 cm³/mol. The summed E-state index contributed by atoms with van der Waals surface area (Å²) in [5, 5.41) is 3.17. The highest BCUT2D eigenvalue weighted by Crippen LogP contribution is 2.24. The number of anilines is 1. The van der Waals surface area contributed by atoms with Crippen LogP contribution in [0.3, 0.4) is 0 Å². The number of Topliss-reactive ketones (excluding diaryl/α,β-unsaturated/α-hetero) is 1. The Morgan fingerprint density at radius 2 is 2.11 bits per heavy atom. The fourth-order valence-corrected chi connectivity index (χ4v) is 1.83. The summed E-state index contributed by atoms with van der Waals surface area (Å²) >= 11 is 0. The molecule has 1 aromatic carbocycles. The van der Waals surface area contributed by atoms with Gasteiger partial charge in [-0.3, -0.25) is 4.79 Å². The molecular weight excluding hydrogens is 245 g/mol. The number of ketones is 1. The van der Waals surface area contributed by atoms with Gasteiger partial charge in [-0.05, 0) is 30.9 Å². The molecule has 0 aliphatic carbocycles. The number of methoxy groups -OCH3 is 1. The van der Waals surface area contributed by atoms with Gasteiger partial charge in [0.25, 0.3) is 0 Å². The van der Waals surface area contributed by atoms with Crippen LogP contribution in [0.4, 0.5) is 10.1 Å². The van der Waals surface area contributed by atoms with Gasteiger partial charge in [0.15, 0.2) is 5.78 Å². The molecule has 0 atom stereocenters. The van der Waals surface area contributed by atoms with Crippen molar-refractivity contribution in [2.24, 2.45) is 5.41 Å². The van der Waals surface area contributed by atoms with Crippen LogP contribution < -0.4 is 5.32 Å². The van der Waals surface area contributed by atoms with Crippen LogP contribution in [-0.4, -0.2) is 26.0 Å². The lowest BCUT2D eigenvalue weighted by Gasteiger charge is -2.25. The van der Waals surface area contributed by atoms with Gasteiger partial charge in [0.05, 0.1) is 5.56 Å². The molecule has 0 aromatic heterocycles. The molecule has 0 aliphatic rings. The molecule has 0 heterocycles. The standard InChI is InChI=1S/C15H22FNO2/c1-11(18)14-12(16)6-5-7-13(14)17-10-15(2,3)8-9-19-4/h5-7,17H,8-10H2,1-4H3. The number of hydrogen-bond donors (Lipinski definition) is 1. The SMILES string of the molecule is COCCC(C)(C)CNc1cccc(F)c1C(C)=O. The Morgan fingerprint density at radius 1 is 1.42 bits per heavy atom. The van der Waals surface area contributed by atoms with Gasteiger partial charge in [0, 0.05) is 25.9 Å². The van der Waals surface area contributed by atoms with Gasteiger partial charge in [0.1, 0.15) is 5.82 Å². The van der Waals surface area contributed by atoms with E-state index in [1.165, 1.54) is 13.0 Å². The predicted octanol–water partition coefficient (Wildman–Crippen LogP) is 3.50. The van der Waals surface area contributed by atoms with Crippen LogP contribution in [-0.2, 0) is 4.74 Å². The molecule has 1 aromatic rings. The number of carbonyl (C=O) groups excluding carboxylic acids is 1. The highest BCUT2D eigenvalue weighted by molar-refractivity contribution is 5.99. The molecule has 1 rings (SSSR count). The summed E-state index contributed by atoms with van der Waals surface area (Å²) in [6.07, 6.45) is 0.890. The smallest absolute Gasteiger partial charge is 0.164 e. The normalized spacial score (nSPS) is 11.4. The van der Waals surface area contributed by atoms with E-state index in [2.05, 4.69) is 19.2 Å². The number of nitrogens with one attached hydrogen (secondary N) is 1. The van der Waals surface area contributed by atoms with Gasteiger partial charge in [-0.25, -0.2) is 4.39 Å². The summed E-state index contributed by atoms with van der Waals surface area (Å²) in [5.41, 5.74) is 0.694. The van der Waals surface area contributed by atoms with Crippen molar-refractivity contribution in [1.82, 2.24) is 0 Å². The number of rotatable bonds is 7. The van der Waals surface area contributed by atoms with E-state index < -0.39 is 5.82 Å². The molecule has 1 N–H and O–H groups in total. The maximum atomic E-state index is 13.6. The van der Waals surface area contributed by atoms with Crippen molar-refractivity contribution in [2.75, 3.05) is 25.6 Å². The Bertz CT molecular complexity index is 444. The third-order valence-electron chi connectivity index (χ3n) is 3.11. The minimum absolute atomic E-state index is 0.0103. The molecule has 0 unspecified atom stereocenters. The van der Waals surface area contributed by atoms with E-state index in [0.29, 0.717) is 18.8 Å². The van der Waals surface area contributed by atoms with Crippen LogP contribution in [0.5, 0.6) is 0 Å². The van der Waals surface area contributed by atoms with Crippen molar-refractivity contribution in [3.8, 4) is 0 Å². The van der Waals surface area contributed by atoms with Crippen LogP contribution in [0.2, 0.25) is 0 Å². The molecule has 0 saturated carbocycles. The lowest BCUT2D eigenvalue weighted by atomic mass is 9.89. The van der Waals surface area contributed by atoms with Gasteiger partial charge in [-0.2, -0.15) is 0 Å². The molecule has 0 amide bonds. The van der Waals surface area contributed by atoms with Gasteiger partial charge in [0.2, 0.25) is 0 Å². The quantitative estimate of drug-likeness (QED) is 0.768. The molecule has 106 valence electrons. The second kappa shape index (κ2) is 6.66. The average molecular weight is 267 g/mol. The lowest BCUT2D eigenvalue weighted by Crippen LogP contribution is -2.25. The van der Waals surface area contributed by atoms with E-state index in [9.17, 15) is 9.18 Å². The van der Waals surface area contributed by atoms with Crippen LogP contribution in [0.15, 0.2) is 18.2 Å². The first-order chi connectivity index (χ1) is 8.87. The molecule has 0 aliphatic heterocycles.